The molecule has 2 aromatic heterocycles. The molecule has 8 amide bonds. The van der Waals surface area contributed by atoms with Crippen molar-refractivity contribution in [2.24, 2.45) is 17.6 Å². The number of unbranched alkanes of at least 4 members (excludes halogenated alkanes) is 3. The Kier molecular flexibility index (Phi) is 39.9. The minimum atomic E-state index is -1.60. The fourth-order valence-corrected chi connectivity index (χ4v) is 12.6. The van der Waals surface area contributed by atoms with Crippen LogP contribution in [0.5, 0.6) is 0 Å². The van der Waals surface area contributed by atoms with Gasteiger partial charge in [-0.05, 0) is 57.3 Å². The number of likely N-dealkylation sites (tertiary alicyclic amines) is 1. The zero-order valence-electron chi connectivity index (χ0n) is 55.7. The fraction of sp³-hybridized carbons (Fsp3) is 0.766. The summed E-state index contributed by atoms with van der Waals surface area (Å²) in [7, 11) is 4.67. The average Bonchev–Trinajstić information content (AvgIpc) is 1.69. The van der Waals surface area contributed by atoms with Crippen molar-refractivity contribution < 1.29 is 71.0 Å². The molecule has 0 aliphatic carbocycles. The van der Waals surface area contributed by atoms with Crippen molar-refractivity contribution in [2.75, 3.05) is 51.6 Å². The van der Waals surface area contributed by atoms with Gasteiger partial charge < -0.3 is 79.1 Å². The number of nitrogens with one attached hydrogen (secondary N) is 8. The molecule has 12 N–H and O–H groups in total. The van der Waals surface area contributed by atoms with E-state index >= 15 is 0 Å². The summed E-state index contributed by atoms with van der Waals surface area (Å²) in [5.74, 6) is -5.79. The van der Waals surface area contributed by atoms with Crippen molar-refractivity contribution in [3.63, 3.8) is 0 Å². The van der Waals surface area contributed by atoms with Crippen molar-refractivity contribution in [1.29, 1.82) is 0 Å². The SMILES string of the molecule is C1CCC(C2CCCC[N-]2)[N-]C1.C1CCC(C2CCCC[N-]2)[N-]C1.CC(C)CC(NC(=O)C(Cc1cnc[nH]1)NC(=O)C(N)C(C)C)C(=O)NC(C(=O)NC(CCCCNC(=O)CCCCCN1C(=O)CC(SCC(=O)NCCc2cnc[nH]2)C1=O)C(=O)O)C(C)O.[Cl][Os]. The summed E-state index contributed by atoms with van der Waals surface area (Å²) >= 11 is 2.47. The molecule has 2 aromatic rings. The summed E-state index contributed by atoms with van der Waals surface area (Å²) in [5.41, 5.74) is 7.43. The van der Waals surface area contributed by atoms with Gasteiger partial charge in [0.2, 0.25) is 47.3 Å². The Bertz CT molecular complexity index is 2470. The number of aliphatic carboxylic acids is 1. The Morgan fingerprint density at radius 3 is 1.67 bits per heavy atom. The molecule has 27 nitrogen and oxygen atoms in total. The molecule has 0 aromatic carbocycles. The van der Waals surface area contributed by atoms with E-state index in [1.807, 2.05) is 13.8 Å². The van der Waals surface area contributed by atoms with Crippen LogP contribution in [0.4, 0.5) is 0 Å². The summed E-state index contributed by atoms with van der Waals surface area (Å²) in [6, 6.07) is -3.89. The molecule has 11 unspecified atom stereocenters. The van der Waals surface area contributed by atoms with Gasteiger partial charge in [-0.2, -0.15) is 24.2 Å². The molecule has 5 fully saturated rings. The quantitative estimate of drug-likeness (QED) is 0.0303. The van der Waals surface area contributed by atoms with Crippen molar-refractivity contribution >= 4 is 74.6 Å². The van der Waals surface area contributed by atoms with E-state index in [0.29, 0.717) is 68.5 Å². The second kappa shape index (κ2) is 46.2. The number of halogens is 1. The fourth-order valence-electron chi connectivity index (χ4n) is 11.6. The predicted molar refractivity (Wildman–Crippen MR) is 359 cm³/mol. The number of aromatic amines is 2. The second-order valence-electron chi connectivity index (χ2n) is 25.5. The molecule has 7 rings (SSSR count). The molecule has 533 valence electrons. The third kappa shape index (κ3) is 31.0. The molecule has 11 atom stereocenters. The number of carboxylic acids is 1. The number of aliphatic hydroxyl groups excluding tert-OH is 1. The van der Waals surface area contributed by atoms with Crippen LogP contribution in [0.1, 0.15) is 181 Å². The van der Waals surface area contributed by atoms with Crippen LogP contribution in [-0.4, -0.2) is 206 Å². The molecule has 30 heteroatoms. The molecule has 5 aliphatic heterocycles. The predicted octanol–water partition coefficient (Wildman–Crippen LogP) is 5.54. The summed E-state index contributed by atoms with van der Waals surface area (Å²) < 4.78 is 0. The molecule has 0 bridgehead atoms. The molecule has 0 spiro atoms. The normalized spacial score (nSPS) is 21.6. The van der Waals surface area contributed by atoms with Gasteiger partial charge >= 0.3 is 33.2 Å². The van der Waals surface area contributed by atoms with Gasteiger partial charge in [0.15, 0.2) is 0 Å². The molecule has 0 radical (unpaired) electrons. The number of hydrogen-bond donors (Lipinski definition) is 11. The number of imidazole rings is 2. The number of imide groups is 1. The average molecular weight is 1530 g/mol. The molecule has 7 heterocycles. The van der Waals surface area contributed by atoms with Crippen LogP contribution < -0.4 is 37.6 Å². The third-order valence-corrected chi connectivity index (χ3v) is 18.2. The first-order chi connectivity index (χ1) is 45.2. The first-order valence-electron chi connectivity index (χ1n) is 33.8. The number of rotatable bonds is 34. The van der Waals surface area contributed by atoms with Gasteiger partial charge in [0, 0.05) is 69.1 Å². The Morgan fingerprint density at radius 1 is 0.660 bits per heavy atom. The van der Waals surface area contributed by atoms with E-state index in [9.17, 15) is 53.4 Å². The molecular weight excluding hydrogens is 1430 g/mol. The topological polar surface area (TPSA) is 409 Å². The summed E-state index contributed by atoms with van der Waals surface area (Å²) in [6.45, 7) is 13.6. The maximum absolute atomic E-state index is 13.7. The molecule has 0 saturated carbocycles. The number of carbonyl (C=O) groups excluding carboxylic acids is 8. The zero-order chi connectivity index (χ0) is 68.8. The van der Waals surface area contributed by atoms with Crippen LogP contribution in [0.2, 0.25) is 0 Å². The van der Waals surface area contributed by atoms with Crippen LogP contribution in [0.15, 0.2) is 25.0 Å². The minimum absolute atomic E-state index is 0.00273. The number of H-pyrrole nitrogens is 2. The van der Waals surface area contributed by atoms with Gasteiger partial charge in [-0.1, -0.05) is 111 Å². The number of carboxylic acid groups (broad SMARTS) is 1. The number of aromatic nitrogens is 4. The standard InChI is InChI=1S/C44H70N12O11S.2C10H18N2.ClH.Os/c1-25(2)17-31(53-39(61)32(18-29-21-47-24-51-29)54-41(63)37(45)26(3)4)40(62)55-38(27(5)57)42(64)52-30(44(66)67)11-8-9-14-48-34(58)12-7-6-10-16-56-36(60)19-33(43(56)65)68-22-35(59)49-15-13-28-20-46-23-50-28;2*1-3-7-11-9(5-1)10-6-2-4-8-12-10;;/h20-21,23-27,30-33,37-38,57H,6-19,22,45H2,1-5H3,(H,46,50)(H,47,51)(H,48,58)(H,49,59)(H,52,64)(H,53,61)(H,54,63)(H,55,62)(H,66,67);2*9-10H,1-8H2;1H;/q;2*-2;;+1/p-1. The summed E-state index contributed by atoms with van der Waals surface area (Å²) in [4.78, 5) is 131. The Labute approximate surface area is 574 Å². The van der Waals surface area contributed by atoms with Gasteiger partial charge in [-0.25, -0.2) is 14.8 Å². The van der Waals surface area contributed by atoms with Gasteiger partial charge in [0.05, 0.1) is 35.8 Å². The number of piperidine rings is 4. The van der Waals surface area contributed by atoms with E-state index in [1.165, 1.54) is 119 Å². The molecule has 5 saturated heterocycles. The molecule has 5 aliphatic rings. The number of hydrogen-bond acceptors (Lipinski definition) is 14. The van der Waals surface area contributed by atoms with Crippen LogP contribution in [0.3, 0.4) is 0 Å². The summed E-state index contributed by atoms with van der Waals surface area (Å²) in [6.07, 6.45) is 23.8. The van der Waals surface area contributed by atoms with Crippen LogP contribution in [0.25, 0.3) is 21.3 Å². The third-order valence-electron chi connectivity index (χ3n) is 17.0. The summed E-state index contributed by atoms with van der Waals surface area (Å²) in [5, 5.41) is 54.1. The van der Waals surface area contributed by atoms with Gasteiger partial charge in [-0.3, -0.25) is 43.3 Å². The van der Waals surface area contributed by atoms with Crippen molar-refractivity contribution in [3.05, 3.63) is 57.7 Å². The van der Waals surface area contributed by atoms with Crippen molar-refractivity contribution in [2.45, 2.75) is 248 Å². The van der Waals surface area contributed by atoms with Crippen molar-refractivity contribution in [1.82, 2.24) is 56.7 Å². The number of carbonyl (C=O) groups is 9. The van der Waals surface area contributed by atoms with Crippen LogP contribution >= 0.6 is 21.4 Å². The number of aliphatic hydroxyl groups is 1. The Morgan fingerprint density at radius 2 is 1.18 bits per heavy atom. The monoisotopic (exact) mass is 1530 g/mol. The zero-order valence-corrected chi connectivity index (χ0v) is 59.8. The second-order valence-corrected chi connectivity index (χ2v) is 26.7. The van der Waals surface area contributed by atoms with E-state index < -0.39 is 71.2 Å². The first-order valence-corrected chi connectivity index (χ1v) is 38.0. The van der Waals surface area contributed by atoms with Crippen molar-refractivity contribution in [3.8, 4) is 0 Å². The Hall–Kier alpha value is -5.11. The molecular formula is C64H106ClN16O11OsS-4. The van der Waals surface area contributed by atoms with E-state index in [2.05, 4.69) is 82.7 Å². The number of nitrogens with zero attached hydrogens (tertiary/aromatic N) is 7. The van der Waals surface area contributed by atoms with E-state index in [1.54, 1.807) is 26.4 Å². The first kappa shape index (κ1) is 81.3. The number of amides is 8. The van der Waals surface area contributed by atoms with Gasteiger partial charge in [0.1, 0.15) is 24.2 Å². The number of nitrogens with two attached hydrogens (primary N) is 1. The van der Waals surface area contributed by atoms with E-state index in [0.717, 1.165) is 43.6 Å². The van der Waals surface area contributed by atoms with Crippen LogP contribution in [-0.2, 0) is 73.6 Å². The molecule has 94 heavy (non-hydrogen) atoms. The van der Waals surface area contributed by atoms with Gasteiger partial charge in [0.25, 0.3) is 0 Å². The van der Waals surface area contributed by atoms with E-state index in [4.69, 9.17) is 5.73 Å². The number of thioether (sulfide) groups is 1. The van der Waals surface area contributed by atoms with Gasteiger partial charge in [-0.15, -0.1) is 37.9 Å². The van der Waals surface area contributed by atoms with E-state index in [-0.39, 0.29) is 92.8 Å². The van der Waals surface area contributed by atoms with Crippen LogP contribution in [0, 0.1) is 11.8 Å². The maximum atomic E-state index is 13.7. The Balaban J connectivity index is 0.000000586.